The van der Waals surface area contributed by atoms with Gasteiger partial charge in [0.1, 0.15) is 0 Å². The van der Waals surface area contributed by atoms with E-state index in [1.165, 1.54) is 0 Å². The monoisotopic (exact) mass is 192 g/mol. The summed E-state index contributed by atoms with van der Waals surface area (Å²) in [5.41, 5.74) is -2.03. The van der Waals surface area contributed by atoms with Gasteiger partial charge in [0.15, 0.2) is 5.69 Å². The second kappa shape index (κ2) is 3.38. The maximum absolute atomic E-state index is 12.3. The summed E-state index contributed by atoms with van der Waals surface area (Å²) in [6, 6.07) is 1.31. The van der Waals surface area contributed by atoms with Crippen molar-refractivity contribution in [3.63, 3.8) is 0 Å². The topological polar surface area (TPSA) is 56.0 Å². The van der Waals surface area contributed by atoms with E-state index in [-0.39, 0.29) is 0 Å². The minimum atomic E-state index is -3.16. The van der Waals surface area contributed by atoms with Gasteiger partial charge in [0.25, 0.3) is 12.1 Å². The van der Waals surface area contributed by atoms with E-state index < -0.39 is 28.7 Å². The number of hydrogen-bond donors (Lipinski definition) is 0. The molecule has 0 aromatic carbocycles. The minimum absolute atomic E-state index is 0.657. The van der Waals surface area contributed by atoms with Gasteiger partial charge in [0.2, 0.25) is 5.95 Å². The summed E-state index contributed by atoms with van der Waals surface area (Å²) in [6.07, 6.45) is -3.16. The Kier molecular flexibility index (Phi) is 2.45. The quantitative estimate of drug-likeness (QED) is 0.409. The lowest BCUT2D eigenvalue weighted by molar-refractivity contribution is -0.386. The van der Waals surface area contributed by atoms with Gasteiger partial charge in [-0.1, -0.05) is 0 Å². The van der Waals surface area contributed by atoms with Gasteiger partial charge in [0, 0.05) is 12.1 Å². The molecule has 0 amide bonds. The number of nitrogens with zero attached hydrogens (tertiary/aromatic N) is 2. The fourth-order valence-corrected chi connectivity index (χ4v) is 0.758. The first-order chi connectivity index (χ1) is 6.02. The number of hydrogen-bond acceptors (Lipinski definition) is 3. The van der Waals surface area contributed by atoms with E-state index in [2.05, 4.69) is 4.98 Å². The van der Waals surface area contributed by atoms with Gasteiger partial charge in [0.05, 0.1) is 4.92 Å². The highest BCUT2D eigenvalue weighted by molar-refractivity contribution is 5.35. The Morgan fingerprint density at radius 3 is 2.54 bits per heavy atom. The predicted molar refractivity (Wildman–Crippen MR) is 35.8 cm³/mol. The Morgan fingerprint density at radius 2 is 2.08 bits per heavy atom. The fourth-order valence-electron chi connectivity index (χ4n) is 0.758. The van der Waals surface area contributed by atoms with E-state index >= 15 is 0 Å². The van der Waals surface area contributed by atoms with Gasteiger partial charge in [-0.3, -0.25) is 10.1 Å². The Labute approximate surface area is 70.2 Å². The Hall–Kier alpha value is -1.66. The molecular weight excluding hydrogens is 189 g/mol. The van der Waals surface area contributed by atoms with E-state index in [0.717, 1.165) is 0 Å². The van der Waals surface area contributed by atoms with Gasteiger partial charge in [-0.05, 0) is 0 Å². The third-order valence-corrected chi connectivity index (χ3v) is 1.27. The normalized spacial score (nSPS) is 10.5. The number of nitro groups is 1. The summed E-state index contributed by atoms with van der Waals surface area (Å²) < 4.78 is 36.4. The lowest BCUT2D eigenvalue weighted by atomic mass is 10.3. The van der Waals surface area contributed by atoms with Crippen LogP contribution in [0.4, 0.5) is 18.9 Å². The molecule has 0 unspecified atom stereocenters. The minimum Gasteiger partial charge on any atom is -0.258 e. The molecule has 1 heterocycles. The smallest absolute Gasteiger partial charge is 0.258 e. The second-order valence-electron chi connectivity index (χ2n) is 2.10. The average Bonchev–Trinajstić information content (AvgIpc) is 2.03. The molecule has 1 aromatic rings. The SMILES string of the molecule is O=[N+]([O-])c1ccc(F)nc1C(F)F. The van der Waals surface area contributed by atoms with E-state index in [4.69, 9.17) is 0 Å². The number of alkyl halides is 2. The molecule has 0 spiro atoms. The van der Waals surface area contributed by atoms with Crippen molar-refractivity contribution < 1.29 is 18.1 Å². The first-order valence-corrected chi connectivity index (χ1v) is 3.11. The molecule has 0 N–H and O–H groups in total. The van der Waals surface area contributed by atoms with Crippen molar-refractivity contribution in [1.82, 2.24) is 4.98 Å². The van der Waals surface area contributed by atoms with Crippen LogP contribution in [0.2, 0.25) is 0 Å². The van der Waals surface area contributed by atoms with Crippen LogP contribution in [0.5, 0.6) is 0 Å². The van der Waals surface area contributed by atoms with Crippen molar-refractivity contribution >= 4 is 5.69 Å². The molecular formula is C6H3F3N2O2. The van der Waals surface area contributed by atoms with Gasteiger partial charge >= 0.3 is 0 Å². The van der Waals surface area contributed by atoms with E-state index in [1.54, 1.807) is 0 Å². The van der Waals surface area contributed by atoms with Crippen LogP contribution in [0, 0.1) is 16.1 Å². The molecule has 4 nitrogen and oxygen atoms in total. The first kappa shape index (κ1) is 9.43. The maximum Gasteiger partial charge on any atom is 0.296 e. The second-order valence-corrected chi connectivity index (χ2v) is 2.10. The largest absolute Gasteiger partial charge is 0.296 e. The molecule has 0 radical (unpaired) electrons. The molecule has 0 bridgehead atoms. The first-order valence-electron chi connectivity index (χ1n) is 3.11. The Balaban J connectivity index is 3.26. The zero-order valence-corrected chi connectivity index (χ0v) is 6.08. The van der Waals surface area contributed by atoms with Crippen LogP contribution in [-0.2, 0) is 0 Å². The van der Waals surface area contributed by atoms with Crippen molar-refractivity contribution in [1.29, 1.82) is 0 Å². The van der Waals surface area contributed by atoms with Gasteiger partial charge in [-0.25, -0.2) is 13.8 Å². The standard InChI is InChI=1S/C6H3F3N2O2/c7-4-2-1-3(11(12)13)5(10-4)6(8)9/h1-2,6H. The van der Waals surface area contributed by atoms with Crippen LogP contribution in [0.3, 0.4) is 0 Å². The van der Waals surface area contributed by atoms with Crippen LogP contribution in [-0.4, -0.2) is 9.91 Å². The Morgan fingerprint density at radius 1 is 1.46 bits per heavy atom. The molecule has 0 aliphatic heterocycles. The maximum atomic E-state index is 12.3. The zero-order valence-electron chi connectivity index (χ0n) is 6.08. The third-order valence-electron chi connectivity index (χ3n) is 1.27. The van der Waals surface area contributed by atoms with Crippen LogP contribution in [0.15, 0.2) is 12.1 Å². The number of aromatic nitrogens is 1. The van der Waals surface area contributed by atoms with Crippen molar-refractivity contribution in [2.24, 2.45) is 0 Å². The number of halogens is 3. The fraction of sp³-hybridized carbons (Fsp3) is 0.167. The van der Waals surface area contributed by atoms with Crippen LogP contribution >= 0.6 is 0 Å². The highest BCUT2D eigenvalue weighted by atomic mass is 19.3. The molecule has 0 fully saturated rings. The van der Waals surface area contributed by atoms with Gasteiger partial charge < -0.3 is 0 Å². The van der Waals surface area contributed by atoms with E-state index in [1.807, 2.05) is 0 Å². The molecule has 0 aliphatic rings. The molecule has 70 valence electrons. The molecule has 1 aromatic heterocycles. The zero-order chi connectivity index (χ0) is 10.0. The average molecular weight is 192 g/mol. The molecule has 0 saturated carbocycles. The molecule has 7 heteroatoms. The van der Waals surface area contributed by atoms with Gasteiger partial charge in [-0.15, -0.1) is 0 Å². The third kappa shape index (κ3) is 1.92. The molecule has 1 rings (SSSR count). The highest BCUT2D eigenvalue weighted by Crippen LogP contribution is 2.26. The summed E-state index contributed by atoms with van der Waals surface area (Å²) in [4.78, 5) is 11.8. The van der Waals surface area contributed by atoms with E-state index in [0.29, 0.717) is 12.1 Å². The summed E-state index contributed by atoms with van der Waals surface area (Å²) in [7, 11) is 0. The summed E-state index contributed by atoms with van der Waals surface area (Å²) in [6.45, 7) is 0. The lowest BCUT2D eigenvalue weighted by Gasteiger charge is -1.99. The summed E-state index contributed by atoms with van der Waals surface area (Å²) in [5.74, 6) is -1.17. The molecule has 0 aliphatic carbocycles. The lowest BCUT2D eigenvalue weighted by Crippen LogP contribution is -2.00. The van der Waals surface area contributed by atoms with Crippen molar-refractivity contribution in [3.05, 3.63) is 33.9 Å². The molecule has 0 saturated heterocycles. The Bertz CT molecular complexity index is 343. The summed E-state index contributed by atoms with van der Waals surface area (Å²) >= 11 is 0. The predicted octanol–water partition coefficient (Wildman–Crippen LogP) is 2.07. The molecule has 13 heavy (non-hydrogen) atoms. The van der Waals surface area contributed by atoms with Gasteiger partial charge in [-0.2, -0.15) is 4.39 Å². The van der Waals surface area contributed by atoms with Crippen LogP contribution in [0.25, 0.3) is 0 Å². The molecule has 0 atom stereocenters. The summed E-state index contributed by atoms with van der Waals surface area (Å²) in [5, 5.41) is 10.1. The number of pyridine rings is 1. The number of rotatable bonds is 2. The highest BCUT2D eigenvalue weighted by Gasteiger charge is 2.23. The van der Waals surface area contributed by atoms with Crippen molar-refractivity contribution in [2.75, 3.05) is 0 Å². The van der Waals surface area contributed by atoms with Crippen LogP contribution < -0.4 is 0 Å². The van der Waals surface area contributed by atoms with Crippen molar-refractivity contribution in [2.45, 2.75) is 6.43 Å². The van der Waals surface area contributed by atoms with Crippen LogP contribution in [0.1, 0.15) is 12.1 Å². The van der Waals surface area contributed by atoms with E-state index in [9.17, 15) is 23.3 Å². The van der Waals surface area contributed by atoms with Crippen molar-refractivity contribution in [3.8, 4) is 0 Å².